The van der Waals surface area contributed by atoms with Crippen LogP contribution < -0.4 is 5.32 Å². The van der Waals surface area contributed by atoms with Crippen LogP contribution >= 0.6 is 0 Å². The highest BCUT2D eigenvalue weighted by Crippen LogP contribution is 2.22. The minimum absolute atomic E-state index is 0.0531. The third-order valence-electron chi connectivity index (χ3n) is 3.64. The molecule has 0 bridgehead atoms. The monoisotopic (exact) mass is 357 g/mol. The Kier molecular flexibility index (Phi) is 4.69. The van der Waals surface area contributed by atoms with Crippen LogP contribution in [0.3, 0.4) is 0 Å². The molecule has 0 aliphatic rings. The van der Waals surface area contributed by atoms with E-state index in [4.69, 9.17) is 4.52 Å². The lowest BCUT2D eigenvalue weighted by Crippen LogP contribution is -2.23. The van der Waals surface area contributed by atoms with Crippen molar-refractivity contribution in [3.63, 3.8) is 0 Å². The maximum absolute atomic E-state index is 12.1. The Morgan fingerprint density at radius 3 is 2.85 bits per heavy atom. The highest BCUT2D eigenvalue weighted by molar-refractivity contribution is 5.89. The first-order chi connectivity index (χ1) is 12.5. The first-order valence-electron chi connectivity index (χ1n) is 7.64. The number of carbonyl (C=O) groups excluding carboxylic acids is 1. The van der Waals surface area contributed by atoms with Crippen LogP contribution in [0, 0.1) is 24.0 Å². The number of aryl methyl sites for hydroxylation is 1. The molecule has 0 aliphatic heterocycles. The summed E-state index contributed by atoms with van der Waals surface area (Å²) in [5.41, 5.74) is 1.31. The second-order valence-electron chi connectivity index (χ2n) is 5.45. The maximum Gasteiger partial charge on any atom is 0.316 e. The lowest BCUT2D eigenvalue weighted by atomic mass is 10.3. The van der Waals surface area contributed by atoms with Gasteiger partial charge >= 0.3 is 17.5 Å². The summed E-state index contributed by atoms with van der Waals surface area (Å²) in [5, 5.41) is 21.5. The standard InChI is InChI=1S/C15H15N7O4/c1-9-13(22(24)25)10(2)21(19-9)8-12-18-15(26-20-12)14(23)17-7-11-5-3-4-6-16-11/h3-6H,7-8H2,1-2H3,(H,17,23). The van der Waals surface area contributed by atoms with Gasteiger partial charge in [0.25, 0.3) is 0 Å². The number of nitrogens with one attached hydrogen (secondary N) is 1. The molecule has 0 saturated carbocycles. The summed E-state index contributed by atoms with van der Waals surface area (Å²) in [7, 11) is 0. The SMILES string of the molecule is Cc1nn(Cc2noc(C(=O)NCc3ccccn3)n2)c(C)c1[N+](=O)[O-]. The summed E-state index contributed by atoms with van der Waals surface area (Å²) >= 11 is 0. The second kappa shape index (κ2) is 7.09. The van der Waals surface area contributed by atoms with E-state index < -0.39 is 10.8 Å². The van der Waals surface area contributed by atoms with Gasteiger partial charge < -0.3 is 9.84 Å². The van der Waals surface area contributed by atoms with Gasteiger partial charge in [-0.15, -0.1) is 0 Å². The van der Waals surface area contributed by atoms with Crippen molar-refractivity contribution >= 4 is 11.6 Å². The lowest BCUT2D eigenvalue weighted by molar-refractivity contribution is -0.386. The largest absolute Gasteiger partial charge is 0.342 e. The molecular formula is C15H15N7O4. The van der Waals surface area contributed by atoms with Gasteiger partial charge in [-0.3, -0.25) is 24.6 Å². The van der Waals surface area contributed by atoms with Gasteiger partial charge in [0.15, 0.2) is 5.82 Å². The Labute approximate surface area is 147 Å². The molecule has 0 unspecified atom stereocenters. The summed E-state index contributed by atoms with van der Waals surface area (Å²) < 4.78 is 6.34. The molecule has 0 aromatic carbocycles. The van der Waals surface area contributed by atoms with E-state index in [-0.39, 0.29) is 30.5 Å². The summed E-state index contributed by atoms with van der Waals surface area (Å²) in [5.74, 6) is -0.547. The minimum atomic E-state index is -0.534. The van der Waals surface area contributed by atoms with Crippen molar-refractivity contribution in [2.75, 3.05) is 0 Å². The molecule has 3 rings (SSSR count). The van der Waals surface area contributed by atoms with Crippen molar-refractivity contribution < 1.29 is 14.2 Å². The van der Waals surface area contributed by atoms with Crippen molar-refractivity contribution in [1.29, 1.82) is 0 Å². The molecule has 3 aromatic heterocycles. The molecule has 3 aromatic rings. The molecule has 0 atom stereocenters. The van der Waals surface area contributed by atoms with Crippen LogP contribution in [0.4, 0.5) is 5.69 Å². The summed E-state index contributed by atoms with van der Waals surface area (Å²) in [4.78, 5) is 30.7. The Balaban J connectivity index is 1.67. The molecule has 3 heterocycles. The van der Waals surface area contributed by atoms with E-state index in [0.717, 1.165) is 0 Å². The Bertz CT molecular complexity index is 948. The van der Waals surface area contributed by atoms with Crippen molar-refractivity contribution in [3.8, 4) is 0 Å². The van der Waals surface area contributed by atoms with E-state index in [1.165, 1.54) is 4.68 Å². The van der Waals surface area contributed by atoms with E-state index in [0.29, 0.717) is 17.1 Å². The third-order valence-corrected chi connectivity index (χ3v) is 3.64. The normalized spacial score (nSPS) is 10.7. The molecular weight excluding hydrogens is 342 g/mol. The first kappa shape index (κ1) is 17.2. The van der Waals surface area contributed by atoms with Gasteiger partial charge in [-0.1, -0.05) is 11.2 Å². The van der Waals surface area contributed by atoms with Crippen LogP contribution in [-0.4, -0.2) is 35.7 Å². The van der Waals surface area contributed by atoms with E-state index in [9.17, 15) is 14.9 Å². The Morgan fingerprint density at radius 1 is 1.38 bits per heavy atom. The number of aromatic nitrogens is 5. The zero-order valence-electron chi connectivity index (χ0n) is 14.0. The van der Waals surface area contributed by atoms with Crippen molar-refractivity contribution in [1.82, 2.24) is 30.2 Å². The first-order valence-corrected chi connectivity index (χ1v) is 7.64. The number of pyridine rings is 1. The zero-order valence-corrected chi connectivity index (χ0v) is 14.0. The van der Waals surface area contributed by atoms with Crippen LogP contribution in [0.15, 0.2) is 28.9 Å². The van der Waals surface area contributed by atoms with Crippen LogP contribution in [0.25, 0.3) is 0 Å². The van der Waals surface area contributed by atoms with E-state index >= 15 is 0 Å². The highest BCUT2D eigenvalue weighted by atomic mass is 16.6. The smallest absolute Gasteiger partial charge is 0.316 e. The predicted octanol–water partition coefficient (Wildman–Crippen LogP) is 1.16. The van der Waals surface area contributed by atoms with Crippen molar-refractivity contribution in [2.45, 2.75) is 26.9 Å². The topological polar surface area (TPSA) is 142 Å². The van der Waals surface area contributed by atoms with Gasteiger partial charge in [0.1, 0.15) is 17.9 Å². The fourth-order valence-corrected chi connectivity index (χ4v) is 2.40. The van der Waals surface area contributed by atoms with Gasteiger partial charge in [-0.05, 0) is 26.0 Å². The third kappa shape index (κ3) is 3.55. The van der Waals surface area contributed by atoms with E-state index in [1.54, 1.807) is 32.2 Å². The molecule has 1 N–H and O–H groups in total. The number of carbonyl (C=O) groups is 1. The fourth-order valence-electron chi connectivity index (χ4n) is 2.40. The van der Waals surface area contributed by atoms with Crippen LogP contribution in [0.1, 0.15) is 33.6 Å². The van der Waals surface area contributed by atoms with E-state index in [2.05, 4.69) is 25.5 Å². The molecule has 26 heavy (non-hydrogen) atoms. The molecule has 0 spiro atoms. The highest BCUT2D eigenvalue weighted by Gasteiger charge is 2.23. The molecule has 0 radical (unpaired) electrons. The number of amides is 1. The average Bonchev–Trinajstić information content (AvgIpc) is 3.18. The molecule has 0 saturated heterocycles. The van der Waals surface area contributed by atoms with Crippen molar-refractivity contribution in [3.05, 3.63) is 63.3 Å². The second-order valence-corrected chi connectivity index (χ2v) is 5.45. The molecule has 11 nitrogen and oxygen atoms in total. The summed E-state index contributed by atoms with van der Waals surface area (Å²) in [6.07, 6.45) is 1.62. The molecule has 1 amide bonds. The molecule has 11 heteroatoms. The number of nitrogens with zero attached hydrogens (tertiary/aromatic N) is 6. The molecule has 0 aliphatic carbocycles. The molecule has 134 valence electrons. The summed E-state index contributed by atoms with van der Waals surface area (Å²) in [6.45, 7) is 3.41. The lowest BCUT2D eigenvalue weighted by Gasteiger charge is -2.00. The number of rotatable bonds is 6. The quantitative estimate of drug-likeness (QED) is 0.511. The van der Waals surface area contributed by atoms with Crippen LogP contribution in [-0.2, 0) is 13.1 Å². The minimum Gasteiger partial charge on any atom is -0.342 e. The zero-order chi connectivity index (χ0) is 18.7. The van der Waals surface area contributed by atoms with Crippen molar-refractivity contribution in [2.24, 2.45) is 0 Å². The van der Waals surface area contributed by atoms with Gasteiger partial charge in [0.05, 0.1) is 17.2 Å². The van der Waals surface area contributed by atoms with Gasteiger partial charge in [-0.25, -0.2) is 0 Å². The average molecular weight is 357 g/mol. The van der Waals surface area contributed by atoms with Crippen LogP contribution in [0.2, 0.25) is 0 Å². The van der Waals surface area contributed by atoms with Gasteiger partial charge in [0, 0.05) is 6.20 Å². The Morgan fingerprint density at radius 2 is 2.19 bits per heavy atom. The number of hydrogen-bond donors (Lipinski definition) is 1. The maximum atomic E-state index is 12.1. The van der Waals surface area contributed by atoms with Gasteiger partial charge in [-0.2, -0.15) is 10.1 Å². The van der Waals surface area contributed by atoms with Crippen LogP contribution in [0.5, 0.6) is 0 Å². The fraction of sp³-hybridized carbons (Fsp3) is 0.267. The number of nitro groups is 1. The number of hydrogen-bond acceptors (Lipinski definition) is 8. The summed E-state index contributed by atoms with van der Waals surface area (Å²) in [6, 6.07) is 5.36. The van der Waals surface area contributed by atoms with Gasteiger partial charge in [0.2, 0.25) is 0 Å². The molecule has 0 fully saturated rings. The Hall–Kier alpha value is -3.63. The van der Waals surface area contributed by atoms with E-state index in [1.807, 2.05) is 6.07 Å². The predicted molar refractivity (Wildman–Crippen MR) is 87.2 cm³/mol.